The van der Waals surface area contributed by atoms with Crippen molar-refractivity contribution in [1.82, 2.24) is 4.90 Å². The Hall–Kier alpha value is -1.13. The molecule has 1 saturated heterocycles. The Morgan fingerprint density at radius 1 is 1.42 bits per heavy atom. The first-order valence-corrected chi connectivity index (χ1v) is 7.21. The van der Waals surface area contributed by atoms with Crippen LogP contribution in [-0.2, 0) is 0 Å². The van der Waals surface area contributed by atoms with Gasteiger partial charge in [-0.25, -0.2) is 0 Å². The van der Waals surface area contributed by atoms with E-state index in [1.807, 2.05) is 6.07 Å². The van der Waals surface area contributed by atoms with Crippen LogP contribution in [0.5, 0.6) is 0 Å². The van der Waals surface area contributed by atoms with Crippen LogP contribution < -0.4 is 10.6 Å². The van der Waals surface area contributed by atoms with Gasteiger partial charge in [0.1, 0.15) is 4.99 Å². The molecule has 1 aromatic carbocycles. The number of aryl methyl sites for hydroxylation is 1. The summed E-state index contributed by atoms with van der Waals surface area (Å²) < 4.78 is 0. The molecule has 1 atom stereocenters. The van der Waals surface area contributed by atoms with Gasteiger partial charge < -0.3 is 15.5 Å². The van der Waals surface area contributed by atoms with Gasteiger partial charge in [0, 0.05) is 30.4 Å². The third kappa shape index (κ3) is 3.25. The molecule has 0 aromatic heterocycles. The molecule has 0 bridgehead atoms. The molecule has 104 valence electrons. The lowest BCUT2D eigenvalue weighted by Crippen LogP contribution is -2.45. The van der Waals surface area contributed by atoms with Crippen molar-refractivity contribution in [3.8, 4) is 0 Å². The largest absolute Gasteiger partial charge is 0.389 e. The number of hydrogen-bond donors (Lipinski definition) is 1. The van der Waals surface area contributed by atoms with E-state index in [1.54, 1.807) is 0 Å². The van der Waals surface area contributed by atoms with Crippen LogP contribution in [-0.4, -0.2) is 43.1 Å². The molecule has 1 aliphatic heterocycles. The Morgan fingerprint density at radius 2 is 2.16 bits per heavy atom. The van der Waals surface area contributed by atoms with Crippen molar-refractivity contribution in [1.29, 1.82) is 0 Å². The van der Waals surface area contributed by atoms with Gasteiger partial charge in [0.25, 0.3) is 0 Å². The van der Waals surface area contributed by atoms with Crippen molar-refractivity contribution in [3.63, 3.8) is 0 Å². The van der Waals surface area contributed by atoms with Crippen molar-refractivity contribution in [3.05, 3.63) is 29.3 Å². The molecule has 2 rings (SSSR count). The number of likely N-dealkylation sites (N-methyl/N-ethyl adjacent to an activating group) is 1. The number of thiocarbonyl (C=S) groups is 1. The topological polar surface area (TPSA) is 32.5 Å². The van der Waals surface area contributed by atoms with E-state index in [9.17, 15) is 0 Å². The highest BCUT2D eigenvalue weighted by Crippen LogP contribution is 2.24. The Morgan fingerprint density at radius 3 is 2.74 bits per heavy atom. The lowest BCUT2D eigenvalue weighted by Gasteiger charge is -2.37. The summed E-state index contributed by atoms with van der Waals surface area (Å²) in [5, 5.41) is 0. The fraction of sp³-hybridized carbons (Fsp3) is 0.533. The van der Waals surface area contributed by atoms with Gasteiger partial charge in [0.05, 0.1) is 0 Å². The summed E-state index contributed by atoms with van der Waals surface area (Å²) in [5.74, 6) is 0. The molecule has 1 fully saturated rings. The number of piperidine rings is 1. The van der Waals surface area contributed by atoms with Crippen LogP contribution in [0.2, 0.25) is 0 Å². The minimum Gasteiger partial charge on any atom is -0.389 e. The Bertz CT molecular complexity index is 470. The Labute approximate surface area is 121 Å². The van der Waals surface area contributed by atoms with E-state index in [0.29, 0.717) is 11.0 Å². The van der Waals surface area contributed by atoms with Crippen molar-refractivity contribution in [2.24, 2.45) is 5.73 Å². The predicted molar refractivity (Wildman–Crippen MR) is 86.0 cm³/mol. The summed E-state index contributed by atoms with van der Waals surface area (Å²) in [6.07, 6.45) is 2.53. The molecular formula is C15H23N3S. The molecule has 1 heterocycles. The van der Waals surface area contributed by atoms with Gasteiger partial charge in [-0.1, -0.05) is 12.2 Å². The zero-order chi connectivity index (χ0) is 14.0. The van der Waals surface area contributed by atoms with Crippen molar-refractivity contribution >= 4 is 22.9 Å². The maximum absolute atomic E-state index is 5.72. The van der Waals surface area contributed by atoms with E-state index in [2.05, 4.69) is 43.0 Å². The highest BCUT2D eigenvalue weighted by molar-refractivity contribution is 7.80. The molecule has 0 spiro atoms. The molecule has 2 N–H and O–H groups in total. The van der Waals surface area contributed by atoms with Gasteiger partial charge >= 0.3 is 0 Å². The molecular weight excluding hydrogens is 254 g/mol. The first-order valence-electron chi connectivity index (χ1n) is 6.81. The number of hydrogen-bond acceptors (Lipinski definition) is 3. The highest BCUT2D eigenvalue weighted by atomic mass is 32.1. The van der Waals surface area contributed by atoms with Gasteiger partial charge in [0.2, 0.25) is 0 Å². The molecule has 4 heteroatoms. The normalized spacial score (nSPS) is 19.8. The van der Waals surface area contributed by atoms with Gasteiger partial charge in [-0.3, -0.25) is 0 Å². The summed E-state index contributed by atoms with van der Waals surface area (Å²) in [7, 11) is 4.32. The van der Waals surface area contributed by atoms with Crippen molar-refractivity contribution in [2.75, 3.05) is 32.1 Å². The fourth-order valence-electron chi connectivity index (χ4n) is 2.73. The minimum atomic E-state index is 0.480. The smallest absolute Gasteiger partial charge is 0.104 e. The highest BCUT2D eigenvalue weighted by Gasteiger charge is 2.21. The van der Waals surface area contributed by atoms with Crippen LogP contribution in [0, 0.1) is 6.92 Å². The Balaban J connectivity index is 2.18. The van der Waals surface area contributed by atoms with E-state index < -0.39 is 0 Å². The molecule has 0 amide bonds. The fourth-order valence-corrected chi connectivity index (χ4v) is 2.96. The van der Waals surface area contributed by atoms with Crippen LogP contribution in [0.4, 0.5) is 5.69 Å². The van der Waals surface area contributed by atoms with E-state index in [-0.39, 0.29) is 0 Å². The first kappa shape index (κ1) is 14.3. The molecule has 0 saturated carbocycles. The first-order chi connectivity index (χ1) is 8.99. The second-order valence-electron chi connectivity index (χ2n) is 5.57. The molecule has 0 aliphatic carbocycles. The van der Waals surface area contributed by atoms with Crippen LogP contribution in [0.3, 0.4) is 0 Å². The molecule has 1 unspecified atom stereocenters. The average Bonchev–Trinajstić information content (AvgIpc) is 2.38. The summed E-state index contributed by atoms with van der Waals surface area (Å²) in [6.45, 7) is 4.31. The molecule has 3 nitrogen and oxygen atoms in total. The van der Waals surface area contributed by atoms with E-state index >= 15 is 0 Å². The number of anilines is 1. The quantitative estimate of drug-likeness (QED) is 0.858. The lowest BCUT2D eigenvalue weighted by atomic mass is 10.0. The van der Waals surface area contributed by atoms with Gasteiger partial charge in [-0.15, -0.1) is 0 Å². The second kappa shape index (κ2) is 5.88. The van der Waals surface area contributed by atoms with Crippen LogP contribution >= 0.6 is 12.2 Å². The summed E-state index contributed by atoms with van der Waals surface area (Å²) in [6, 6.07) is 7.03. The zero-order valence-corrected chi connectivity index (χ0v) is 12.8. The lowest BCUT2D eigenvalue weighted by molar-refractivity contribution is 0.258. The van der Waals surface area contributed by atoms with E-state index in [1.165, 1.54) is 18.5 Å². The van der Waals surface area contributed by atoms with Crippen molar-refractivity contribution in [2.45, 2.75) is 25.8 Å². The molecule has 19 heavy (non-hydrogen) atoms. The number of benzene rings is 1. The number of nitrogens with zero attached hydrogens (tertiary/aromatic N) is 2. The monoisotopic (exact) mass is 277 g/mol. The summed E-state index contributed by atoms with van der Waals surface area (Å²) in [4.78, 5) is 5.27. The van der Waals surface area contributed by atoms with Crippen LogP contribution in [0.25, 0.3) is 0 Å². The number of nitrogens with two attached hydrogens (primary N) is 1. The average molecular weight is 277 g/mol. The van der Waals surface area contributed by atoms with Gasteiger partial charge in [-0.2, -0.15) is 0 Å². The maximum Gasteiger partial charge on any atom is 0.104 e. The molecule has 1 aliphatic rings. The summed E-state index contributed by atoms with van der Waals surface area (Å²) in [5.41, 5.74) is 9.15. The van der Waals surface area contributed by atoms with Crippen LogP contribution in [0.15, 0.2) is 18.2 Å². The standard InChI is InChI=1S/C15H23N3S/c1-11-9-12(6-7-14(11)15(16)19)18-8-4-5-13(10-18)17(2)3/h6-7,9,13H,4-5,8,10H2,1-3H3,(H2,16,19). The minimum absolute atomic E-state index is 0.480. The molecule has 1 aromatic rings. The molecule has 0 radical (unpaired) electrons. The second-order valence-corrected chi connectivity index (χ2v) is 6.01. The van der Waals surface area contributed by atoms with Gasteiger partial charge in [-0.05, 0) is 57.6 Å². The van der Waals surface area contributed by atoms with Crippen LogP contribution in [0.1, 0.15) is 24.0 Å². The van der Waals surface area contributed by atoms with Crippen molar-refractivity contribution < 1.29 is 0 Å². The predicted octanol–water partition coefficient (Wildman–Crippen LogP) is 2.16. The zero-order valence-electron chi connectivity index (χ0n) is 12.0. The van der Waals surface area contributed by atoms with E-state index in [4.69, 9.17) is 18.0 Å². The van der Waals surface area contributed by atoms with E-state index in [0.717, 1.165) is 24.2 Å². The third-order valence-corrected chi connectivity index (χ3v) is 4.19. The maximum atomic E-state index is 5.72. The SMILES string of the molecule is Cc1cc(N2CCCC(N(C)C)C2)ccc1C(N)=S. The number of rotatable bonds is 3. The third-order valence-electron chi connectivity index (χ3n) is 3.97. The Kier molecular flexibility index (Phi) is 4.42. The van der Waals surface area contributed by atoms with Gasteiger partial charge in [0.15, 0.2) is 0 Å². The summed E-state index contributed by atoms with van der Waals surface area (Å²) >= 11 is 5.06.